The minimum absolute atomic E-state index is 0.516. The van der Waals surface area contributed by atoms with Gasteiger partial charge in [-0.25, -0.2) is 4.98 Å². The number of hydrogen-bond acceptors (Lipinski definition) is 4. The van der Waals surface area contributed by atoms with Gasteiger partial charge >= 0.3 is 0 Å². The number of piperidine rings is 1. The van der Waals surface area contributed by atoms with Crippen LogP contribution in [0.5, 0.6) is 5.88 Å². The fourth-order valence-corrected chi connectivity index (χ4v) is 1.74. The van der Waals surface area contributed by atoms with Gasteiger partial charge in [-0.05, 0) is 37.8 Å². The highest BCUT2D eigenvalue weighted by Crippen LogP contribution is 2.13. The predicted octanol–water partition coefficient (Wildman–Crippen LogP) is 0.836. The highest BCUT2D eigenvalue weighted by molar-refractivity contribution is 5.23. The first-order valence-electron chi connectivity index (χ1n) is 5.50. The molecule has 16 heavy (non-hydrogen) atoms. The van der Waals surface area contributed by atoms with Crippen LogP contribution in [-0.2, 0) is 0 Å². The molecule has 0 aliphatic carbocycles. The molecule has 1 aliphatic heterocycles. The molecule has 4 nitrogen and oxygen atoms in total. The zero-order chi connectivity index (χ0) is 11.2. The van der Waals surface area contributed by atoms with Gasteiger partial charge in [0.2, 0.25) is 5.88 Å². The third-order valence-corrected chi connectivity index (χ3v) is 2.69. The number of rotatable bonds is 3. The van der Waals surface area contributed by atoms with E-state index in [0.717, 1.165) is 25.9 Å². The summed E-state index contributed by atoms with van der Waals surface area (Å²) in [6, 6.07) is 0. The van der Waals surface area contributed by atoms with Crippen LogP contribution in [0.4, 0.5) is 0 Å². The van der Waals surface area contributed by atoms with Gasteiger partial charge in [-0.1, -0.05) is 0 Å². The maximum atomic E-state index is 5.59. The number of nitrogens with one attached hydrogen (secondary N) is 1. The van der Waals surface area contributed by atoms with Crippen molar-refractivity contribution in [3.63, 3.8) is 0 Å². The zero-order valence-corrected chi connectivity index (χ0v) is 9.15. The van der Waals surface area contributed by atoms with Crippen molar-refractivity contribution < 1.29 is 4.74 Å². The molecule has 0 saturated carbocycles. The Morgan fingerprint density at radius 1 is 1.44 bits per heavy atom. The Hall–Kier alpha value is -1.60. The van der Waals surface area contributed by atoms with Crippen molar-refractivity contribution >= 4 is 0 Å². The smallest absolute Gasteiger partial charge is 0.233 e. The molecule has 1 aliphatic rings. The Balaban J connectivity index is 1.86. The SMILES string of the molecule is C#Cc1cncc(OCC2CCNCC2)n1. The largest absolute Gasteiger partial charge is 0.476 e. The summed E-state index contributed by atoms with van der Waals surface area (Å²) >= 11 is 0. The van der Waals surface area contributed by atoms with E-state index < -0.39 is 0 Å². The first kappa shape index (κ1) is 10.9. The predicted molar refractivity (Wildman–Crippen MR) is 61.1 cm³/mol. The molecule has 1 aromatic heterocycles. The van der Waals surface area contributed by atoms with Gasteiger partial charge in [0.1, 0.15) is 5.69 Å². The Kier molecular flexibility index (Phi) is 3.73. The van der Waals surface area contributed by atoms with Crippen LogP contribution in [0.1, 0.15) is 18.5 Å². The Morgan fingerprint density at radius 2 is 2.25 bits per heavy atom. The Bertz CT molecular complexity index is 380. The van der Waals surface area contributed by atoms with Crippen LogP contribution >= 0.6 is 0 Å². The highest BCUT2D eigenvalue weighted by atomic mass is 16.5. The summed E-state index contributed by atoms with van der Waals surface area (Å²) in [5.74, 6) is 3.57. The molecule has 0 radical (unpaired) electrons. The van der Waals surface area contributed by atoms with Crippen molar-refractivity contribution in [2.45, 2.75) is 12.8 Å². The quantitative estimate of drug-likeness (QED) is 0.762. The van der Waals surface area contributed by atoms with Crippen LogP contribution in [0.15, 0.2) is 12.4 Å². The van der Waals surface area contributed by atoms with Gasteiger partial charge in [0, 0.05) is 0 Å². The van der Waals surface area contributed by atoms with Crippen molar-refractivity contribution in [2.24, 2.45) is 5.92 Å². The van der Waals surface area contributed by atoms with Crippen molar-refractivity contribution in [1.82, 2.24) is 15.3 Å². The van der Waals surface area contributed by atoms with Gasteiger partial charge in [0.15, 0.2) is 0 Å². The van der Waals surface area contributed by atoms with E-state index in [2.05, 4.69) is 21.2 Å². The number of nitrogens with zero attached hydrogens (tertiary/aromatic N) is 2. The summed E-state index contributed by atoms with van der Waals surface area (Å²) in [6.07, 6.45) is 10.7. The lowest BCUT2D eigenvalue weighted by atomic mass is 9.99. The average molecular weight is 217 g/mol. The fraction of sp³-hybridized carbons (Fsp3) is 0.500. The third kappa shape index (κ3) is 2.94. The topological polar surface area (TPSA) is 47.0 Å². The molecule has 2 heterocycles. The van der Waals surface area contributed by atoms with Gasteiger partial charge < -0.3 is 10.1 Å². The van der Waals surface area contributed by atoms with E-state index in [4.69, 9.17) is 11.2 Å². The second-order valence-corrected chi connectivity index (χ2v) is 3.89. The molecule has 0 amide bonds. The zero-order valence-electron chi connectivity index (χ0n) is 9.15. The number of hydrogen-bond donors (Lipinski definition) is 1. The van der Waals surface area contributed by atoms with E-state index >= 15 is 0 Å². The van der Waals surface area contributed by atoms with Crippen LogP contribution in [0, 0.1) is 18.3 Å². The molecule has 0 bridgehead atoms. The summed E-state index contributed by atoms with van der Waals surface area (Å²) in [4.78, 5) is 8.12. The lowest BCUT2D eigenvalue weighted by Gasteiger charge is -2.22. The summed E-state index contributed by atoms with van der Waals surface area (Å²) < 4.78 is 5.59. The van der Waals surface area contributed by atoms with Crippen LogP contribution in [0.25, 0.3) is 0 Å². The number of ether oxygens (including phenoxy) is 1. The number of terminal acetylenes is 1. The first-order valence-corrected chi connectivity index (χ1v) is 5.50. The van der Waals surface area contributed by atoms with Crippen LogP contribution in [-0.4, -0.2) is 29.7 Å². The summed E-state index contributed by atoms with van der Waals surface area (Å²) in [5, 5.41) is 3.32. The molecular weight excluding hydrogens is 202 g/mol. The van der Waals surface area contributed by atoms with E-state index in [-0.39, 0.29) is 0 Å². The second-order valence-electron chi connectivity index (χ2n) is 3.89. The molecule has 84 valence electrons. The monoisotopic (exact) mass is 217 g/mol. The van der Waals surface area contributed by atoms with E-state index in [1.807, 2.05) is 0 Å². The molecule has 0 aromatic carbocycles. The van der Waals surface area contributed by atoms with Crippen LogP contribution in [0.2, 0.25) is 0 Å². The molecule has 0 atom stereocenters. The van der Waals surface area contributed by atoms with Crippen LogP contribution < -0.4 is 10.1 Å². The van der Waals surface area contributed by atoms with Gasteiger partial charge in [0.25, 0.3) is 0 Å². The summed E-state index contributed by atoms with van der Waals surface area (Å²) in [5.41, 5.74) is 0.516. The Labute approximate surface area is 95.4 Å². The van der Waals surface area contributed by atoms with E-state index in [9.17, 15) is 0 Å². The molecule has 1 fully saturated rings. The average Bonchev–Trinajstić information content (AvgIpc) is 2.38. The molecule has 1 N–H and O–H groups in total. The van der Waals surface area contributed by atoms with Gasteiger partial charge in [-0.15, -0.1) is 6.42 Å². The highest BCUT2D eigenvalue weighted by Gasteiger charge is 2.13. The van der Waals surface area contributed by atoms with Crippen molar-refractivity contribution in [2.75, 3.05) is 19.7 Å². The Morgan fingerprint density at radius 3 is 3.00 bits per heavy atom. The molecular formula is C12H15N3O. The molecule has 0 spiro atoms. The normalized spacial score (nSPS) is 16.7. The van der Waals surface area contributed by atoms with Crippen molar-refractivity contribution in [3.8, 4) is 18.2 Å². The molecule has 2 rings (SSSR count). The van der Waals surface area contributed by atoms with E-state index in [0.29, 0.717) is 24.1 Å². The summed E-state index contributed by atoms with van der Waals surface area (Å²) in [6.45, 7) is 2.85. The van der Waals surface area contributed by atoms with Gasteiger partial charge in [0.05, 0.1) is 19.0 Å². The molecule has 1 saturated heterocycles. The summed E-state index contributed by atoms with van der Waals surface area (Å²) in [7, 11) is 0. The molecule has 1 aromatic rings. The van der Waals surface area contributed by atoms with E-state index in [1.54, 1.807) is 12.4 Å². The minimum Gasteiger partial charge on any atom is -0.476 e. The standard InChI is InChI=1S/C12H15N3O/c1-2-11-7-14-8-12(15-11)16-9-10-3-5-13-6-4-10/h1,7-8,10,13H,3-6,9H2. The van der Waals surface area contributed by atoms with Crippen LogP contribution in [0.3, 0.4) is 0 Å². The first-order chi connectivity index (χ1) is 7.88. The lowest BCUT2D eigenvalue weighted by molar-refractivity contribution is 0.208. The fourth-order valence-electron chi connectivity index (χ4n) is 1.74. The maximum absolute atomic E-state index is 5.59. The number of aromatic nitrogens is 2. The molecule has 0 unspecified atom stereocenters. The maximum Gasteiger partial charge on any atom is 0.233 e. The third-order valence-electron chi connectivity index (χ3n) is 2.69. The van der Waals surface area contributed by atoms with Crippen molar-refractivity contribution in [1.29, 1.82) is 0 Å². The lowest BCUT2D eigenvalue weighted by Crippen LogP contribution is -2.30. The van der Waals surface area contributed by atoms with Gasteiger partial charge in [-0.3, -0.25) is 4.98 Å². The van der Waals surface area contributed by atoms with Crippen molar-refractivity contribution in [3.05, 3.63) is 18.1 Å². The molecule has 4 heteroatoms. The minimum atomic E-state index is 0.516. The second kappa shape index (κ2) is 5.47. The van der Waals surface area contributed by atoms with E-state index in [1.165, 1.54) is 0 Å². The van der Waals surface area contributed by atoms with Gasteiger partial charge in [-0.2, -0.15) is 0 Å².